The van der Waals surface area contributed by atoms with Crippen LogP contribution in [0.4, 0.5) is 39.8 Å². The van der Waals surface area contributed by atoms with Crippen LogP contribution in [0.15, 0.2) is 153 Å². The van der Waals surface area contributed by atoms with E-state index >= 15 is 0 Å². The number of hydrogen-bond donors (Lipinski definition) is 4. The third kappa shape index (κ3) is 14.4. The molecule has 4 atom stereocenters. The number of aliphatic imine (C=N–C) groups is 2. The largest absolute Gasteiger partial charge is 0.481 e. The maximum atomic E-state index is 14.4. The molecule has 25 nitrogen and oxygen atoms in total. The zero-order valence-corrected chi connectivity index (χ0v) is 56.6. The van der Waals surface area contributed by atoms with Gasteiger partial charge < -0.3 is 49.8 Å². The predicted octanol–water partition coefficient (Wildman–Crippen LogP) is 9.49. The number of carbonyl (C=O) groups excluding carboxylic acids is 4. The predicted molar refractivity (Wildman–Crippen MR) is 366 cm³/mol. The monoisotopic (exact) mass is 1440 g/mol. The van der Waals surface area contributed by atoms with Crippen molar-refractivity contribution < 1.29 is 66.4 Å². The fourth-order valence-electron chi connectivity index (χ4n) is 13.3. The van der Waals surface area contributed by atoms with E-state index in [9.17, 15) is 47.0 Å². The van der Waals surface area contributed by atoms with Crippen LogP contribution in [0.5, 0.6) is 11.6 Å². The van der Waals surface area contributed by atoms with E-state index in [0.717, 1.165) is 17.4 Å². The lowest BCUT2D eigenvalue weighted by molar-refractivity contribution is -0.142. The van der Waals surface area contributed by atoms with Crippen LogP contribution in [0.2, 0.25) is 10.0 Å². The van der Waals surface area contributed by atoms with Gasteiger partial charge in [0.25, 0.3) is 0 Å². The van der Waals surface area contributed by atoms with Gasteiger partial charge in [-0.1, -0.05) is 35.3 Å². The summed E-state index contributed by atoms with van der Waals surface area (Å²) in [4.78, 5) is 112. The van der Waals surface area contributed by atoms with E-state index in [0.29, 0.717) is 135 Å². The Morgan fingerprint density at radius 1 is 0.600 bits per heavy atom. The van der Waals surface area contributed by atoms with E-state index < -0.39 is 53.4 Å². The molecule has 10 heterocycles. The van der Waals surface area contributed by atoms with Crippen LogP contribution in [0.1, 0.15) is 56.4 Å². The topological polar surface area (TPSA) is 281 Å². The summed E-state index contributed by atoms with van der Waals surface area (Å²) in [5.41, 5.74) is 4.62. The normalized spacial score (nSPS) is 20.4. The number of nitrogens with one attached hydrogen (secondary N) is 2. The molecule has 7 aliphatic rings. The van der Waals surface area contributed by atoms with E-state index in [1.807, 2.05) is 34.5 Å². The molecule has 100 heavy (non-hydrogen) atoms. The van der Waals surface area contributed by atoms with Gasteiger partial charge in [0.05, 0.1) is 60.8 Å². The number of thiazole rings is 2. The Morgan fingerprint density at radius 2 is 1.10 bits per heavy atom. The highest BCUT2D eigenvalue weighted by atomic mass is 35.5. The molecule has 7 aliphatic heterocycles. The van der Waals surface area contributed by atoms with E-state index in [1.54, 1.807) is 38.5 Å². The lowest BCUT2D eigenvalue weighted by Gasteiger charge is -2.38. The number of piperidine rings is 1. The molecule has 32 heteroatoms. The molecule has 4 N–H and O–H groups in total. The van der Waals surface area contributed by atoms with Crippen molar-refractivity contribution in [2.24, 2.45) is 15.9 Å². The number of ether oxygens (including phenoxy) is 3. The number of carboxylic acid groups (broad SMARTS) is 2. The zero-order chi connectivity index (χ0) is 70.0. The summed E-state index contributed by atoms with van der Waals surface area (Å²) in [6.07, 6.45) is 5.99. The second kappa shape index (κ2) is 29.5. The molecule has 0 bridgehead atoms. The first-order valence-electron chi connectivity index (χ1n) is 31.7. The van der Waals surface area contributed by atoms with Gasteiger partial charge in [-0.15, -0.1) is 22.7 Å². The number of amidine groups is 2. The maximum absolute atomic E-state index is 14.4. The minimum atomic E-state index is -1.26. The first-order valence-corrected chi connectivity index (χ1v) is 34.2. The first kappa shape index (κ1) is 68.5. The van der Waals surface area contributed by atoms with Crippen LogP contribution in [-0.2, 0) is 23.9 Å². The molecule has 0 radical (unpaired) electrons. The minimum Gasteiger partial charge on any atom is -0.481 e. The Hall–Kier alpha value is -9.98. The molecule has 14 rings (SSSR count). The number of benzene rings is 4. The number of fused-ring (bicyclic) bond motifs is 2. The number of piperazine rings is 2. The number of anilines is 3. The van der Waals surface area contributed by atoms with E-state index in [2.05, 4.69) is 40.3 Å². The highest BCUT2D eigenvalue weighted by molar-refractivity contribution is 7.12. The van der Waals surface area contributed by atoms with Gasteiger partial charge in [-0.05, 0) is 85.6 Å². The molecule has 4 amide bonds. The van der Waals surface area contributed by atoms with Crippen molar-refractivity contribution in [2.45, 2.75) is 37.0 Å². The third-order valence-corrected chi connectivity index (χ3v) is 20.5. The average Bonchev–Trinajstić information content (AvgIpc) is 1.59. The summed E-state index contributed by atoms with van der Waals surface area (Å²) in [5, 5.41) is 30.1. The Kier molecular flexibility index (Phi) is 20.2. The van der Waals surface area contributed by atoms with Gasteiger partial charge >= 0.3 is 35.9 Å². The van der Waals surface area contributed by atoms with Gasteiger partial charge in [0.15, 0.2) is 33.3 Å². The molecular weight excluding hydrogens is 1380 g/mol. The molecule has 7 aromatic rings. The lowest BCUT2D eigenvalue weighted by atomic mass is 9.95. The van der Waals surface area contributed by atoms with Crippen LogP contribution < -0.4 is 30.1 Å². The first-order chi connectivity index (χ1) is 48.3. The number of amides is 4. The summed E-state index contributed by atoms with van der Waals surface area (Å²) in [6.45, 7) is 5.91. The Labute approximate surface area is 588 Å². The van der Waals surface area contributed by atoms with E-state index in [-0.39, 0.29) is 75.0 Å². The number of urea groups is 2. The van der Waals surface area contributed by atoms with Crippen molar-refractivity contribution in [3.63, 3.8) is 0 Å². The number of aromatic carboxylic acids is 1. The van der Waals surface area contributed by atoms with Crippen molar-refractivity contribution in [3.05, 3.63) is 197 Å². The van der Waals surface area contributed by atoms with Crippen molar-refractivity contribution >= 4 is 111 Å². The quantitative estimate of drug-likeness (QED) is 0.0617. The smallest absolute Gasteiger partial charge is 0.338 e. The number of carbonyl (C=O) groups is 6. The fourth-order valence-corrected chi connectivity index (χ4v) is 15.0. The van der Waals surface area contributed by atoms with Crippen LogP contribution in [0, 0.1) is 23.4 Å². The Balaban J connectivity index is 0.000000179. The number of methoxy groups -OCH3 is 2. The Morgan fingerprint density at radius 3 is 1.54 bits per heavy atom. The number of hydrogen-bond acceptors (Lipinski definition) is 21. The number of esters is 2. The summed E-state index contributed by atoms with van der Waals surface area (Å²) in [5.74, 6) is -4.59. The average molecular weight is 1440 g/mol. The van der Waals surface area contributed by atoms with Gasteiger partial charge in [-0.25, -0.2) is 52.1 Å². The summed E-state index contributed by atoms with van der Waals surface area (Å²) in [6, 6.07) is 20.0. The molecule has 518 valence electrons. The molecule has 0 spiro atoms. The number of pyridine rings is 1. The molecule has 3 aromatic heterocycles. The van der Waals surface area contributed by atoms with Crippen LogP contribution in [-0.4, -0.2) is 197 Å². The Bertz CT molecular complexity index is 4450. The highest BCUT2D eigenvalue weighted by Gasteiger charge is 2.45. The minimum absolute atomic E-state index is 0.0471. The van der Waals surface area contributed by atoms with Crippen molar-refractivity contribution in [2.75, 3.05) is 107 Å². The molecule has 0 aliphatic carbocycles. The molecule has 5 fully saturated rings. The van der Waals surface area contributed by atoms with Crippen molar-refractivity contribution in [1.29, 1.82) is 0 Å². The number of rotatable bonds is 17. The molecule has 5 saturated heterocycles. The van der Waals surface area contributed by atoms with Crippen molar-refractivity contribution in [1.82, 2.24) is 45.2 Å². The van der Waals surface area contributed by atoms with Crippen molar-refractivity contribution in [3.8, 4) is 11.6 Å². The maximum Gasteiger partial charge on any atom is 0.338 e. The van der Waals surface area contributed by atoms with Gasteiger partial charge in [-0.2, -0.15) is 0 Å². The highest BCUT2D eigenvalue weighted by Crippen LogP contribution is 2.41. The van der Waals surface area contributed by atoms with Gasteiger partial charge in [0, 0.05) is 152 Å². The molecule has 0 unspecified atom stereocenters. The lowest BCUT2D eigenvalue weighted by Crippen LogP contribution is -2.53. The number of aliphatic carboxylic acids is 1. The van der Waals surface area contributed by atoms with Crippen LogP contribution in [0.3, 0.4) is 0 Å². The SMILES string of the molecule is COC(=O)C1=C(CN2CCN3C(=O)N(c4ccc(N5CCC(C(=O)O)CC5)cc4)C[C@@H]3C2)NC(c2nccs2)=N[C@H]1c1ccc(F)cc1Cl.COC(=O)C1=C(CN2CCN3C(=O)N(c4ccc(Oc5ccc(C(=O)O)cc5F)nc4)C[C@@H]3C2)NC(c2nccs2)=N[C@H]1c1ccc(F)cc1Cl. The standard InChI is InChI=1S/C34H28ClF2N7O6S.C34H35ClFN7O5S/c1-49-33(47)28-25(40-30(31-38-8-11-51-31)41-29(28)22-5-3-19(36)13-23(22)35)17-42-9-10-43-21(15-42)16-44(34(43)48)20-4-7-27(39-14-20)50-26-6-2-18(32(45)46)12-24(26)37;1-48-33(46)28-27(38-30(31-37-10-15-49-31)39-29(28)25-7-2-21(36)16-26(25)35)19-40-13-14-42-24(17-40)18-43(34(42)47)23-5-3-22(4-6-23)41-11-8-20(9-12-41)32(44)45/h2-8,11-14,21,29H,9-10,15-17H2,1H3,(H,40,41)(H,45,46);2-7,10,15-16,20,24,29H,8-9,11-14,17-19H2,1H3,(H,38,39)(H,44,45)/t21-,29-;24-,29-/m00/s1. The van der Waals surface area contributed by atoms with E-state index in [1.165, 1.54) is 97.7 Å². The van der Waals surface area contributed by atoms with Gasteiger partial charge in [0.1, 0.15) is 23.7 Å². The summed E-state index contributed by atoms with van der Waals surface area (Å²) < 4.78 is 58.3. The molecule has 4 aromatic carbocycles. The number of aromatic nitrogens is 3. The van der Waals surface area contributed by atoms with Gasteiger partial charge in [-0.3, -0.25) is 34.4 Å². The second-order valence-electron chi connectivity index (χ2n) is 24.3. The van der Waals surface area contributed by atoms with Gasteiger partial charge in [0.2, 0.25) is 5.88 Å². The molecule has 0 saturated carbocycles. The zero-order valence-electron chi connectivity index (χ0n) is 53.5. The third-order valence-electron chi connectivity index (χ3n) is 18.3. The van der Waals surface area contributed by atoms with Crippen LogP contribution >= 0.6 is 45.9 Å². The summed E-state index contributed by atoms with van der Waals surface area (Å²) in [7, 11) is 2.58. The van der Waals surface area contributed by atoms with E-state index in [4.69, 9.17) is 52.5 Å². The number of nitrogens with zero attached hydrogens (tertiary/aromatic N) is 12. The molecular formula is C68H63Cl2F3N14O11S2. The number of halogens is 5. The van der Waals surface area contributed by atoms with Crippen LogP contribution in [0.25, 0.3) is 0 Å². The fraction of sp³-hybridized carbons (Fsp3) is 0.309. The summed E-state index contributed by atoms with van der Waals surface area (Å²) >= 11 is 15.7. The number of carboxylic acids is 2. The second-order valence-corrected chi connectivity index (χ2v) is 26.9.